The van der Waals surface area contributed by atoms with E-state index in [1.807, 2.05) is 0 Å². The molecule has 15 heavy (non-hydrogen) atoms. The number of hydrogen-bond acceptors (Lipinski definition) is 2. The second-order valence-corrected chi connectivity index (χ2v) is 5.40. The Kier molecular flexibility index (Phi) is 4.45. The van der Waals surface area contributed by atoms with E-state index in [0.717, 1.165) is 24.3 Å². The molecule has 0 spiro atoms. The Morgan fingerprint density at radius 1 is 1.00 bits per heavy atom. The number of nitrogens with one attached hydrogen (secondary N) is 1. The van der Waals surface area contributed by atoms with Crippen molar-refractivity contribution >= 4 is 0 Å². The first-order chi connectivity index (χ1) is 7.42. The molecule has 2 unspecified atom stereocenters. The summed E-state index contributed by atoms with van der Waals surface area (Å²) in [5, 5.41) is 3.56. The topological polar surface area (TPSA) is 38.0 Å². The minimum absolute atomic E-state index is 0.800. The van der Waals surface area contributed by atoms with E-state index in [0.29, 0.717) is 0 Å². The molecular weight excluding hydrogens is 184 g/mol. The van der Waals surface area contributed by atoms with Crippen molar-refractivity contribution in [2.24, 2.45) is 23.5 Å². The molecule has 2 fully saturated rings. The van der Waals surface area contributed by atoms with Crippen LogP contribution < -0.4 is 11.1 Å². The van der Waals surface area contributed by atoms with Gasteiger partial charge in [0.25, 0.3) is 0 Å². The normalized spacial score (nSPS) is 35.0. The van der Waals surface area contributed by atoms with Crippen molar-refractivity contribution in [2.45, 2.75) is 44.9 Å². The van der Waals surface area contributed by atoms with Crippen LogP contribution in [0.5, 0.6) is 0 Å². The lowest BCUT2D eigenvalue weighted by atomic mass is 9.75. The highest BCUT2D eigenvalue weighted by Gasteiger charge is 2.30. The summed E-state index contributed by atoms with van der Waals surface area (Å²) in [5.41, 5.74) is 5.91. The molecule has 1 aliphatic carbocycles. The van der Waals surface area contributed by atoms with Crippen LogP contribution in [0.2, 0.25) is 0 Å². The fraction of sp³-hybridized carbons (Fsp3) is 1.00. The highest BCUT2D eigenvalue weighted by molar-refractivity contribution is 4.84. The largest absolute Gasteiger partial charge is 0.330 e. The van der Waals surface area contributed by atoms with Gasteiger partial charge in [0.2, 0.25) is 0 Å². The molecule has 88 valence electrons. The van der Waals surface area contributed by atoms with Gasteiger partial charge in [-0.05, 0) is 43.8 Å². The zero-order valence-corrected chi connectivity index (χ0v) is 9.88. The van der Waals surface area contributed by atoms with Crippen LogP contribution in [0.25, 0.3) is 0 Å². The van der Waals surface area contributed by atoms with Gasteiger partial charge in [-0.25, -0.2) is 0 Å². The lowest BCUT2D eigenvalue weighted by molar-refractivity contribution is 0.166. The minimum Gasteiger partial charge on any atom is -0.330 e. The molecule has 1 aliphatic heterocycles. The van der Waals surface area contributed by atoms with Crippen molar-refractivity contribution in [3.8, 4) is 0 Å². The van der Waals surface area contributed by atoms with Gasteiger partial charge < -0.3 is 11.1 Å². The van der Waals surface area contributed by atoms with E-state index >= 15 is 0 Å². The van der Waals surface area contributed by atoms with Crippen molar-refractivity contribution < 1.29 is 0 Å². The van der Waals surface area contributed by atoms with Crippen molar-refractivity contribution in [1.29, 1.82) is 0 Å². The van der Waals surface area contributed by atoms with Crippen LogP contribution in [0.1, 0.15) is 44.9 Å². The first-order valence-corrected chi connectivity index (χ1v) is 6.82. The molecule has 0 radical (unpaired) electrons. The van der Waals surface area contributed by atoms with E-state index in [9.17, 15) is 0 Å². The van der Waals surface area contributed by atoms with E-state index in [4.69, 9.17) is 5.73 Å². The van der Waals surface area contributed by atoms with Crippen molar-refractivity contribution in [2.75, 3.05) is 19.6 Å². The standard InChI is InChI=1S/C13H26N2/c14-9-12-7-8-15-10-13(12)11-5-3-1-2-4-6-11/h11-13,15H,1-10,14H2. The van der Waals surface area contributed by atoms with Crippen molar-refractivity contribution in [1.82, 2.24) is 5.32 Å². The first-order valence-electron chi connectivity index (χ1n) is 6.82. The van der Waals surface area contributed by atoms with Crippen LogP contribution in [0.3, 0.4) is 0 Å². The fourth-order valence-electron chi connectivity index (χ4n) is 3.52. The maximum atomic E-state index is 5.91. The first kappa shape index (κ1) is 11.4. The van der Waals surface area contributed by atoms with Gasteiger partial charge in [-0.15, -0.1) is 0 Å². The Bertz CT molecular complexity index is 173. The van der Waals surface area contributed by atoms with Crippen LogP contribution in [0.4, 0.5) is 0 Å². The number of rotatable bonds is 2. The molecule has 1 heterocycles. The molecule has 2 aliphatic rings. The maximum absolute atomic E-state index is 5.91. The molecule has 0 bridgehead atoms. The van der Waals surface area contributed by atoms with Crippen LogP contribution in [-0.4, -0.2) is 19.6 Å². The van der Waals surface area contributed by atoms with Crippen LogP contribution >= 0.6 is 0 Å². The summed E-state index contributed by atoms with van der Waals surface area (Å²) >= 11 is 0. The lowest BCUT2D eigenvalue weighted by Gasteiger charge is -2.37. The molecule has 2 rings (SSSR count). The van der Waals surface area contributed by atoms with Gasteiger partial charge in [-0.2, -0.15) is 0 Å². The smallest absolute Gasteiger partial charge is 0.00147 e. The van der Waals surface area contributed by atoms with Gasteiger partial charge >= 0.3 is 0 Å². The second-order valence-electron chi connectivity index (χ2n) is 5.40. The Balaban J connectivity index is 1.92. The summed E-state index contributed by atoms with van der Waals surface area (Å²) in [4.78, 5) is 0. The van der Waals surface area contributed by atoms with Gasteiger partial charge in [0, 0.05) is 0 Å². The zero-order valence-electron chi connectivity index (χ0n) is 9.88. The molecule has 3 N–H and O–H groups in total. The van der Waals surface area contributed by atoms with Gasteiger partial charge in [-0.3, -0.25) is 0 Å². The Morgan fingerprint density at radius 2 is 1.73 bits per heavy atom. The summed E-state index contributed by atoms with van der Waals surface area (Å²) in [7, 11) is 0. The monoisotopic (exact) mass is 210 g/mol. The van der Waals surface area contributed by atoms with E-state index in [1.54, 1.807) is 0 Å². The third-order valence-electron chi connectivity index (χ3n) is 4.49. The van der Waals surface area contributed by atoms with E-state index < -0.39 is 0 Å². The van der Waals surface area contributed by atoms with Crippen LogP contribution in [0.15, 0.2) is 0 Å². The average molecular weight is 210 g/mol. The number of nitrogens with two attached hydrogens (primary N) is 1. The minimum atomic E-state index is 0.800. The van der Waals surface area contributed by atoms with E-state index in [1.165, 1.54) is 58.0 Å². The van der Waals surface area contributed by atoms with Gasteiger partial charge in [-0.1, -0.05) is 38.5 Å². The molecule has 0 aromatic heterocycles. The van der Waals surface area contributed by atoms with Gasteiger partial charge in [0.15, 0.2) is 0 Å². The van der Waals surface area contributed by atoms with E-state index in [-0.39, 0.29) is 0 Å². The summed E-state index contributed by atoms with van der Waals surface area (Å²) in [6.45, 7) is 3.32. The van der Waals surface area contributed by atoms with Crippen molar-refractivity contribution in [3.05, 3.63) is 0 Å². The molecule has 1 saturated carbocycles. The molecule has 0 amide bonds. The summed E-state index contributed by atoms with van der Waals surface area (Å²) in [5.74, 6) is 2.64. The quantitative estimate of drug-likeness (QED) is 0.685. The summed E-state index contributed by atoms with van der Waals surface area (Å²) in [6, 6.07) is 0. The van der Waals surface area contributed by atoms with Gasteiger partial charge in [0.1, 0.15) is 0 Å². The predicted molar refractivity (Wildman–Crippen MR) is 64.7 cm³/mol. The van der Waals surface area contributed by atoms with Crippen molar-refractivity contribution in [3.63, 3.8) is 0 Å². The Hall–Kier alpha value is -0.0800. The van der Waals surface area contributed by atoms with Crippen LogP contribution in [0, 0.1) is 17.8 Å². The van der Waals surface area contributed by atoms with E-state index in [2.05, 4.69) is 5.32 Å². The highest BCUT2D eigenvalue weighted by Crippen LogP contribution is 2.34. The fourth-order valence-corrected chi connectivity index (χ4v) is 3.52. The SMILES string of the molecule is NCC1CCNCC1C1CCCCCC1. The Morgan fingerprint density at radius 3 is 2.40 bits per heavy atom. The highest BCUT2D eigenvalue weighted by atomic mass is 14.9. The van der Waals surface area contributed by atoms with Gasteiger partial charge in [0.05, 0.1) is 0 Å². The molecule has 1 saturated heterocycles. The van der Waals surface area contributed by atoms with Crippen LogP contribution in [-0.2, 0) is 0 Å². The molecule has 0 aromatic rings. The molecule has 0 aromatic carbocycles. The predicted octanol–water partition coefficient (Wildman–Crippen LogP) is 2.14. The summed E-state index contributed by atoms with van der Waals surface area (Å²) < 4.78 is 0. The average Bonchev–Trinajstić information content (AvgIpc) is 2.57. The number of hydrogen-bond donors (Lipinski definition) is 2. The summed E-state index contributed by atoms with van der Waals surface area (Å²) in [6.07, 6.45) is 10.1. The third kappa shape index (κ3) is 2.94. The second kappa shape index (κ2) is 5.86. The zero-order chi connectivity index (χ0) is 10.5. The molecule has 2 nitrogen and oxygen atoms in total. The lowest BCUT2D eigenvalue weighted by Crippen LogP contribution is -2.43. The third-order valence-corrected chi connectivity index (χ3v) is 4.49. The Labute approximate surface area is 94.0 Å². The molecule has 2 atom stereocenters. The number of piperidine rings is 1. The molecule has 2 heteroatoms. The molecular formula is C13H26N2. The maximum Gasteiger partial charge on any atom is -0.00147 e.